The van der Waals surface area contributed by atoms with E-state index in [-0.39, 0.29) is 45.7 Å². The second-order valence-electron chi connectivity index (χ2n) is 0. The van der Waals surface area contributed by atoms with Crippen LogP contribution in [0.25, 0.3) is 0 Å². The third-order valence-corrected chi connectivity index (χ3v) is 0. The Morgan fingerprint density at radius 2 is 1.25 bits per heavy atom. The van der Waals surface area contributed by atoms with Crippen molar-refractivity contribution in [2.75, 3.05) is 0 Å². The van der Waals surface area contributed by atoms with E-state index < -0.39 is 0 Å². The number of rotatable bonds is 0. The molecule has 0 rings (SSSR count). The molecule has 0 saturated carbocycles. The molecule has 0 aromatic carbocycles. The van der Waals surface area contributed by atoms with Crippen LogP contribution in [-0.2, 0) is 43.2 Å². The third-order valence-electron chi connectivity index (χ3n) is 0. The quantitative estimate of drug-likeness (QED) is 0.501. The van der Waals surface area contributed by atoms with E-state index in [1.807, 2.05) is 0 Å². The van der Waals surface area contributed by atoms with E-state index in [1.165, 1.54) is 0 Å². The Labute approximate surface area is 68.5 Å². The second-order valence-corrected chi connectivity index (χ2v) is 0. The molecule has 0 fully saturated rings. The fourth-order valence-electron chi connectivity index (χ4n) is 0. The standard InChI is InChI=1S/Bi.O.Ti.Zn.3H. The molecule has 4 heavy (non-hydrogen) atoms. The maximum atomic E-state index is 8.25. The van der Waals surface area contributed by atoms with Crippen LogP contribution < -0.4 is 0 Å². The van der Waals surface area contributed by atoms with Gasteiger partial charge in [0, 0.05) is 19.5 Å². The van der Waals surface area contributed by atoms with Crippen molar-refractivity contribution in [3.63, 3.8) is 0 Å². The summed E-state index contributed by atoms with van der Waals surface area (Å²) in [5.41, 5.74) is 0. The Morgan fingerprint density at radius 1 is 1.25 bits per heavy atom. The maximum absolute atomic E-state index is 8.25. The van der Waals surface area contributed by atoms with Gasteiger partial charge in [0.25, 0.3) is 0 Å². The van der Waals surface area contributed by atoms with Crippen LogP contribution in [0.5, 0.6) is 0 Å². The van der Waals surface area contributed by atoms with Crippen LogP contribution in [0.4, 0.5) is 0 Å². The van der Waals surface area contributed by atoms with Gasteiger partial charge in [-0.3, -0.25) is 0 Å². The van der Waals surface area contributed by atoms with Crippen LogP contribution in [0.1, 0.15) is 0 Å². The summed E-state index contributed by atoms with van der Waals surface area (Å²) in [6.07, 6.45) is 0. The fourth-order valence-corrected chi connectivity index (χ4v) is 0. The van der Waals surface area contributed by atoms with E-state index in [0.29, 0.717) is 0 Å². The van der Waals surface area contributed by atoms with Crippen LogP contribution in [0.3, 0.4) is 0 Å². The van der Waals surface area contributed by atoms with Gasteiger partial charge in [0.2, 0.25) is 0 Å². The molecule has 1 nitrogen and oxygen atoms in total. The van der Waals surface area contributed by atoms with Gasteiger partial charge in [-0.25, -0.2) is 0 Å². The van der Waals surface area contributed by atoms with E-state index in [4.69, 9.17) is 3.32 Å². The largest absolute Gasteiger partial charge is 0 e. The summed E-state index contributed by atoms with van der Waals surface area (Å²) >= 11 is 0.750. The SMILES string of the molecule is [BiH3].[O]=[Ti].[Zn]. The molecular weight excluding hydrogens is 338 g/mol. The molecule has 0 aliphatic rings. The molecule has 0 amide bonds. The molecule has 0 unspecified atom stereocenters. The maximum Gasteiger partial charge on any atom is 0 e. The van der Waals surface area contributed by atoms with Crippen LogP contribution in [0.2, 0.25) is 0 Å². The van der Waals surface area contributed by atoms with Crippen LogP contribution >= 0.6 is 0 Å². The first-order chi connectivity index (χ1) is 1.00. The molecule has 0 bridgehead atoms. The number of hydrogen-bond acceptors (Lipinski definition) is 1. The van der Waals surface area contributed by atoms with E-state index in [2.05, 4.69) is 0 Å². The van der Waals surface area contributed by atoms with Crippen molar-refractivity contribution in [1.82, 2.24) is 0 Å². The zero-order chi connectivity index (χ0) is 2.00. The predicted octanol–water partition coefficient (Wildman–Crippen LogP) is -1.31. The summed E-state index contributed by atoms with van der Waals surface area (Å²) in [6.45, 7) is 0. The molecule has 0 radical (unpaired) electrons. The van der Waals surface area contributed by atoms with Crippen molar-refractivity contribution in [3.05, 3.63) is 0 Å². The van der Waals surface area contributed by atoms with Crippen molar-refractivity contribution in [1.29, 1.82) is 0 Å². The smallest absolute Gasteiger partial charge is 0 e. The van der Waals surface area contributed by atoms with Crippen LogP contribution in [0.15, 0.2) is 0 Å². The average Bonchev–Trinajstić information content (AvgIpc) is 1.00. The molecule has 0 heterocycles. The van der Waals surface area contributed by atoms with Gasteiger partial charge in [0.1, 0.15) is 0 Å². The van der Waals surface area contributed by atoms with Crippen molar-refractivity contribution in [3.8, 4) is 0 Å². The van der Waals surface area contributed by atoms with E-state index in [9.17, 15) is 0 Å². The predicted molar refractivity (Wildman–Crippen MR) is 10.6 cm³/mol. The molecule has 0 aliphatic carbocycles. The molecular formula is H3BiOTiZn. The zero-order valence-corrected chi connectivity index (χ0v) is 12.3. The molecule has 0 aromatic rings. The molecule has 0 aliphatic heterocycles. The van der Waals surface area contributed by atoms with Gasteiger partial charge in [-0.2, -0.15) is 0 Å². The summed E-state index contributed by atoms with van der Waals surface area (Å²) in [5.74, 6) is 0. The van der Waals surface area contributed by atoms with E-state index in [1.54, 1.807) is 0 Å². The second kappa shape index (κ2) is 19.9. The fraction of sp³-hybridized carbons (Fsp3) is 0. The van der Waals surface area contributed by atoms with Gasteiger partial charge in [-0.05, 0) is 0 Å². The Morgan fingerprint density at radius 3 is 1.25 bits per heavy atom. The number of hydrogen-bond donors (Lipinski definition) is 0. The van der Waals surface area contributed by atoms with Crippen molar-refractivity contribution in [2.45, 2.75) is 0 Å². The Kier molecular flexibility index (Phi) is 82.7. The van der Waals surface area contributed by atoms with Gasteiger partial charge in [-0.1, -0.05) is 0 Å². The first-order valence-electron chi connectivity index (χ1n) is 0.204. The molecule has 0 atom stereocenters. The van der Waals surface area contributed by atoms with Crippen molar-refractivity contribution in [2.24, 2.45) is 0 Å². The van der Waals surface area contributed by atoms with E-state index >= 15 is 0 Å². The first-order valence-corrected chi connectivity index (χ1v) is 0.842. The van der Waals surface area contributed by atoms with Gasteiger partial charge >= 0.3 is 49.9 Å². The van der Waals surface area contributed by atoms with Crippen LogP contribution in [-0.4, -0.2) is 26.2 Å². The topological polar surface area (TPSA) is 17.1 Å². The summed E-state index contributed by atoms with van der Waals surface area (Å²) in [6, 6.07) is 0. The summed E-state index contributed by atoms with van der Waals surface area (Å²) in [4.78, 5) is 0. The third kappa shape index (κ3) is 8.98. The Bertz CT molecular complexity index is 8.00. The minimum atomic E-state index is 0. The minimum Gasteiger partial charge on any atom is 0 e. The molecule has 4 heteroatoms. The molecule has 0 saturated heterocycles. The minimum absolute atomic E-state index is 0. The van der Waals surface area contributed by atoms with Crippen LogP contribution in [0, 0.1) is 0 Å². The first kappa shape index (κ1) is 16.6. The van der Waals surface area contributed by atoms with Gasteiger partial charge < -0.3 is 0 Å². The molecule has 0 aromatic heterocycles. The van der Waals surface area contributed by atoms with Crippen molar-refractivity contribution < 1.29 is 43.2 Å². The summed E-state index contributed by atoms with van der Waals surface area (Å²) in [7, 11) is 0. The zero-order valence-electron chi connectivity index (χ0n) is 2.32. The van der Waals surface area contributed by atoms with Gasteiger partial charge in [-0.15, -0.1) is 0 Å². The monoisotopic (exact) mass is 340 g/mol. The molecule has 0 spiro atoms. The van der Waals surface area contributed by atoms with Crippen molar-refractivity contribution >= 4 is 26.2 Å². The summed E-state index contributed by atoms with van der Waals surface area (Å²) < 4.78 is 8.25. The Balaban J connectivity index is -0.00000000500. The average molecular weight is 341 g/mol. The summed E-state index contributed by atoms with van der Waals surface area (Å²) in [5, 5.41) is 0. The normalized spacial score (nSPS) is 0.750. The van der Waals surface area contributed by atoms with E-state index in [0.717, 1.165) is 20.4 Å². The Hall–Kier alpha value is 2.02. The van der Waals surface area contributed by atoms with Gasteiger partial charge in [0.05, 0.1) is 0 Å². The molecule has 0 N–H and O–H groups in total. The van der Waals surface area contributed by atoms with Gasteiger partial charge in [0.15, 0.2) is 0 Å². The molecule has 20 valence electrons.